The number of aromatic nitrogens is 2. The second-order valence-corrected chi connectivity index (χ2v) is 5.80. The number of benzene rings is 1. The minimum Gasteiger partial charge on any atom is -0.383 e. The number of hydrogen-bond acceptors (Lipinski definition) is 3. The first-order valence-corrected chi connectivity index (χ1v) is 7.43. The van der Waals surface area contributed by atoms with Crippen molar-refractivity contribution >= 4 is 39.1 Å². The lowest BCUT2D eigenvalue weighted by molar-refractivity contribution is 0.171. The van der Waals surface area contributed by atoms with Gasteiger partial charge in [0.25, 0.3) is 0 Å². The highest BCUT2D eigenvalue weighted by Gasteiger charge is 2.23. The first kappa shape index (κ1) is 15.8. The van der Waals surface area contributed by atoms with E-state index in [1.165, 1.54) is 0 Å². The van der Waals surface area contributed by atoms with Crippen molar-refractivity contribution in [2.24, 2.45) is 0 Å². The second-order valence-electron chi connectivity index (χ2n) is 4.13. The molecule has 0 saturated carbocycles. The zero-order chi connectivity index (χ0) is 14.7. The molecule has 0 radical (unpaired) electrons. The maximum absolute atomic E-state index is 10.6. The summed E-state index contributed by atoms with van der Waals surface area (Å²) in [4.78, 5) is 0. The molecule has 2 aromatic rings. The Morgan fingerprint density at radius 1 is 1.40 bits per heavy atom. The van der Waals surface area contributed by atoms with Crippen molar-refractivity contribution < 1.29 is 9.84 Å². The SMILES string of the molecule is COCCn1ncc(Br)c1C(O)c1c(Cl)cccc1Cl. The Labute approximate surface area is 135 Å². The number of aliphatic hydroxyl groups is 1. The summed E-state index contributed by atoms with van der Waals surface area (Å²) in [6, 6.07) is 5.11. The van der Waals surface area contributed by atoms with Gasteiger partial charge in [-0.2, -0.15) is 5.10 Å². The molecule has 0 bridgehead atoms. The summed E-state index contributed by atoms with van der Waals surface area (Å²) in [6.45, 7) is 1.01. The van der Waals surface area contributed by atoms with E-state index < -0.39 is 6.10 Å². The normalized spacial score (nSPS) is 12.7. The maximum Gasteiger partial charge on any atom is 0.125 e. The van der Waals surface area contributed by atoms with E-state index in [-0.39, 0.29) is 0 Å². The molecule has 1 heterocycles. The van der Waals surface area contributed by atoms with Crippen molar-refractivity contribution in [2.45, 2.75) is 12.6 Å². The molecule has 0 spiro atoms. The third kappa shape index (κ3) is 3.18. The summed E-state index contributed by atoms with van der Waals surface area (Å²) in [5, 5.41) is 15.6. The van der Waals surface area contributed by atoms with E-state index in [1.807, 2.05) is 0 Å². The van der Waals surface area contributed by atoms with Gasteiger partial charge in [0.15, 0.2) is 0 Å². The van der Waals surface area contributed by atoms with E-state index in [1.54, 1.807) is 36.2 Å². The molecule has 1 N–H and O–H groups in total. The monoisotopic (exact) mass is 378 g/mol. The highest BCUT2D eigenvalue weighted by Crippen LogP contribution is 2.36. The fourth-order valence-corrected chi connectivity index (χ4v) is 3.03. The van der Waals surface area contributed by atoms with Crippen LogP contribution >= 0.6 is 39.1 Å². The van der Waals surface area contributed by atoms with E-state index in [9.17, 15) is 5.11 Å². The van der Waals surface area contributed by atoms with Crippen molar-refractivity contribution in [3.63, 3.8) is 0 Å². The first-order valence-electron chi connectivity index (χ1n) is 5.88. The van der Waals surface area contributed by atoms with Gasteiger partial charge in [0.1, 0.15) is 6.10 Å². The van der Waals surface area contributed by atoms with Gasteiger partial charge in [-0.3, -0.25) is 4.68 Å². The molecular formula is C13H13BrCl2N2O2. The zero-order valence-corrected chi connectivity index (χ0v) is 13.8. The third-order valence-electron chi connectivity index (χ3n) is 2.87. The van der Waals surface area contributed by atoms with Crippen LogP contribution in [0.1, 0.15) is 17.4 Å². The van der Waals surface area contributed by atoms with Gasteiger partial charge in [-0.05, 0) is 28.1 Å². The number of ether oxygens (including phenoxy) is 1. The van der Waals surface area contributed by atoms with Crippen LogP contribution in [-0.2, 0) is 11.3 Å². The zero-order valence-electron chi connectivity index (χ0n) is 10.7. The average Bonchev–Trinajstić information content (AvgIpc) is 2.77. The Morgan fingerprint density at radius 3 is 2.65 bits per heavy atom. The second kappa shape index (κ2) is 6.91. The molecule has 108 valence electrons. The molecule has 0 amide bonds. The number of aliphatic hydroxyl groups excluding tert-OH is 1. The maximum atomic E-state index is 10.6. The Balaban J connectivity index is 2.43. The Bertz CT molecular complexity index is 584. The molecule has 0 aliphatic rings. The molecule has 0 fully saturated rings. The van der Waals surface area contributed by atoms with Crippen molar-refractivity contribution in [3.05, 3.63) is 50.2 Å². The van der Waals surface area contributed by atoms with Gasteiger partial charge in [0.2, 0.25) is 0 Å². The van der Waals surface area contributed by atoms with E-state index in [0.29, 0.717) is 38.9 Å². The van der Waals surface area contributed by atoms with E-state index >= 15 is 0 Å². The van der Waals surface area contributed by atoms with Crippen LogP contribution in [0.3, 0.4) is 0 Å². The minimum atomic E-state index is -0.968. The van der Waals surface area contributed by atoms with E-state index in [2.05, 4.69) is 21.0 Å². The van der Waals surface area contributed by atoms with Gasteiger partial charge < -0.3 is 9.84 Å². The fraction of sp³-hybridized carbons (Fsp3) is 0.308. The predicted molar refractivity (Wildman–Crippen MR) is 82.3 cm³/mol. The summed E-state index contributed by atoms with van der Waals surface area (Å²) >= 11 is 15.7. The van der Waals surface area contributed by atoms with Crippen LogP contribution in [0.2, 0.25) is 10.0 Å². The lowest BCUT2D eigenvalue weighted by Crippen LogP contribution is -2.14. The molecule has 1 aromatic carbocycles. The molecule has 1 aromatic heterocycles. The van der Waals surface area contributed by atoms with Gasteiger partial charge in [-0.15, -0.1) is 0 Å². The van der Waals surface area contributed by atoms with Crippen LogP contribution in [0.4, 0.5) is 0 Å². The van der Waals surface area contributed by atoms with Crippen molar-refractivity contribution in [1.29, 1.82) is 0 Å². The molecule has 0 saturated heterocycles. The van der Waals surface area contributed by atoms with Gasteiger partial charge in [-0.25, -0.2) is 0 Å². The first-order chi connectivity index (χ1) is 9.56. The Hall–Kier alpha value is -0.590. The van der Waals surface area contributed by atoms with Crippen LogP contribution in [0.15, 0.2) is 28.9 Å². The third-order valence-corrected chi connectivity index (χ3v) is 4.14. The molecule has 1 unspecified atom stereocenters. The number of rotatable bonds is 5. The van der Waals surface area contributed by atoms with Crippen molar-refractivity contribution in [1.82, 2.24) is 9.78 Å². The molecule has 2 rings (SSSR count). The molecular weight excluding hydrogens is 367 g/mol. The smallest absolute Gasteiger partial charge is 0.125 e. The minimum absolute atomic E-state index is 0.413. The van der Waals surface area contributed by atoms with Crippen LogP contribution in [0.25, 0.3) is 0 Å². The molecule has 4 nitrogen and oxygen atoms in total. The lowest BCUT2D eigenvalue weighted by atomic mass is 10.1. The quantitative estimate of drug-likeness (QED) is 0.861. The van der Waals surface area contributed by atoms with Crippen LogP contribution in [0.5, 0.6) is 0 Å². The van der Waals surface area contributed by atoms with Crippen LogP contribution in [-0.4, -0.2) is 28.6 Å². The highest BCUT2D eigenvalue weighted by atomic mass is 79.9. The van der Waals surface area contributed by atoms with E-state index in [4.69, 9.17) is 27.9 Å². The van der Waals surface area contributed by atoms with Crippen LogP contribution in [0, 0.1) is 0 Å². The predicted octanol–water partition coefficient (Wildman–Crippen LogP) is 3.68. The Morgan fingerprint density at radius 2 is 2.05 bits per heavy atom. The number of halogens is 3. The number of nitrogens with zero attached hydrogens (tertiary/aromatic N) is 2. The van der Waals surface area contributed by atoms with E-state index in [0.717, 1.165) is 0 Å². The standard InChI is InChI=1S/C13H13BrCl2N2O2/c1-20-6-5-18-12(8(14)7-17-18)13(19)11-9(15)3-2-4-10(11)16/h2-4,7,13,19H,5-6H2,1H3. The lowest BCUT2D eigenvalue weighted by Gasteiger charge is -2.17. The van der Waals surface area contributed by atoms with Gasteiger partial charge >= 0.3 is 0 Å². The summed E-state index contributed by atoms with van der Waals surface area (Å²) in [7, 11) is 1.61. The van der Waals surface area contributed by atoms with Gasteiger partial charge in [0, 0.05) is 22.7 Å². The van der Waals surface area contributed by atoms with Gasteiger partial charge in [-0.1, -0.05) is 29.3 Å². The highest BCUT2D eigenvalue weighted by molar-refractivity contribution is 9.10. The molecule has 1 atom stereocenters. The summed E-state index contributed by atoms with van der Waals surface area (Å²) < 4.78 is 7.39. The van der Waals surface area contributed by atoms with Crippen molar-refractivity contribution in [2.75, 3.05) is 13.7 Å². The molecule has 7 heteroatoms. The molecule has 0 aliphatic carbocycles. The average molecular weight is 380 g/mol. The number of hydrogen-bond donors (Lipinski definition) is 1. The molecule has 20 heavy (non-hydrogen) atoms. The van der Waals surface area contributed by atoms with Gasteiger partial charge in [0.05, 0.1) is 29.5 Å². The summed E-state index contributed by atoms with van der Waals surface area (Å²) in [5.74, 6) is 0. The topological polar surface area (TPSA) is 47.3 Å². The number of methoxy groups -OCH3 is 1. The summed E-state index contributed by atoms with van der Waals surface area (Å²) in [5.41, 5.74) is 1.06. The Kier molecular flexibility index (Phi) is 5.46. The fourth-order valence-electron chi connectivity index (χ4n) is 1.91. The summed E-state index contributed by atoms with van der Waals surface area (Å²) in [6.07, 6.45) is 0.656. The van der Waals surface area contributed by atoms with Crippen LogP contribution < -0.4 is 0 Å². The van der Waals surface area contributed by atoms with Crippen molar-refractivity contribution in [3.8, 4) is 0 Å². The largest absolute Gasteiger partial charge is 0.383 e. The molecule has 0 aliphatic heterocycles.